The zero-order chi connectivity index (χ0) is 26.0. The van der Waals surface area contributed by atoms with Crippen LogP contribution in [-0.4, -0.2) is 97.2 Å². The first-order valence-electron chi connectivity index (χ1n) is 13.4. The molecule has 1 spiro atoms. The van der Waals surface area contributed by atoms with Crippen LogP contribution in [0.25, 0.3) is 0 Å². The first-order valence-corrected chi connectivity index (χ1v) is 15.2. The van der Waals surface area contributed by atoms with Gasteiger partial charge >= 0.3 is 0 Å². The van der Waals surface area contributed by atoms with Gasteiger partial charge in [0.2, 0.25) is 17.7 Å². The predicted molar refractivity (Wildman–Crippen MR) is 147 cm³/mol. The molecule has 0 radical (unpaired) electrons. The molecule has 1 N–H and O–H groups in total. The number of aliphatic hydroxyl groups excluding tert-OH is 1. The minimum atomic E-state index is -0.684. The Kier molecular flexibility index (Phi) is 8.93. The third kappa shape index (κ3) is 4.57. The number of fused-ring (bicyclic) bond motifs is 1. The number of likely N-dealkylation sites (tertiary alicyclic amines) is 1. The monoisotopic (exact) mass is 581 g/mol. The molecule has 3 aliphatic heterocycles. The minimum absolute atomic E-state index is 0.0223. The van der Waals surface area contributed by atoms with E-state index < -0.39 is 22.6 Å². The van der Waals surface area contributed by atoms with Gasteiger partial charge in [-0.1, -0.05) is 54.3 Å². The summed E-state index contributed by atoms with van der Waals surface area (Å²) in [5.74, 6) is -1.29. The molecule has 200 valence electrons. The van der Waals surface area contributed by atoms with Crippen LogP contribution in [0.2, 0.25) is 0 Å². The van der Waals surface area contributed by atoms with Gasteiger partial charge in [-0.05, 0) is 25.7 Å². The van der Waals surface area contributed by atoms with E-state index in [0.29, 0.717) is 26.1 Å². The SMILES string of the molecule is C=CCN(CCC)C(=O)[C@H]1[C@H]2C(=O)N(CCO)C(C(=O)N(CC=C)C3CCCCC3)C23CC(Br)[C@@H]1S3. The molecule has 3 unspecified atom stereocenters. The Balaban J connectivity index is 1.73. The van der Waals surface area contributed by atoms with Crippen molar-refractivity contribution in [3.8, 4) is 0 Å². The summed E-state index contributed by atoms with van der Waals surface area (Å²) < 4.78 is -0.678. The molecule has 1 aliphatic carbocycles. The number of nitrogens with zero attached hydrogens (tertiary/aromatic N) is 3. The molecule has 6 atom stereocenters. The molecule has 7 nitrogen and oxygen atoms in total. The Labute approximate surface area is 227 Å². The lowest BCUT2D eigenvalue weighted by Gasteiger charge is -2.41. The van der Waals surface area contributed by atoms with Crippen LogP contribution in [0.1, 0.15) is 51.9 Å². The van der Waals surface area contributed by atoms with Crippen molar-refractivity contribution in [3.63, 3.8) is 0 Å². The fourth-order valence-corrected chi connectivity index (χ4v) is 10.7. The number of rotatable bonds is 11. The van der Waals surface area contributed by atoms with Crippen molar-refractivity contribution in [2.24, 2.45) is 11.8 Å². The lowest BCUT2D eigenvalue weighted by Crippen LogP contribution is -2.58. The normalized spacial score (nSPS) is 33.5. The van der Waals surface area contributed by atoms with E-state index in [0.717, 1.165) is 32.1 Å². The fourth-order valence-electron chi connectivity index (χ4n) is 7.08. The number of halogens is 1. The van der Waals surface area contributed by atoms with Gasteiger partial charge in [0.25, 0.3) is 0 Å². The molecule has 0 aromatic carbocycles. The molecule has 3 saturated heterocycles. The zero-order valence-electron chi connectivity index (χ0n) is 21.3. The lowest BCUT2D eigenvalue weighted by molar-refractivity contribution is -0.145. The second-order valence-electron chi connectivity index (χ2n) is 10.6. The summed E-state index contributed by atoms with van der Waals surface area (Å²) in [6.45, 7) is 11.1. The van der Waals surface area contributed by atoms with E-state index in [1.807, 2.05) is 11.8 Å². The van der Waals surface area contributed by atoms with Crippen molar-refractivity contribution in [1.82, 2.24) is 14.7 Å². The van der Waals surface area contributed by atoms with E-state index in [4.69, 9.17) is 0 Å². The predicted octanol–water partition coefficient (Wildman–Crippen LogP) is 3.22. The van der Waals surface area contributed by atoms with Gasteiger partial charge in [0.05, 0.1) is 23.2 Å². The van der Waals surface area contributed by atoms with E-state index in [1.165, 1.54) is 6.42 Å². The van der Waals surface area contributed by atoms with Gasteiger partial charge in [0.15, 0.2) is 0 Å². The lowest BCUT2D eigenvalue weighted by atomic mass is 9.70. The maximum absolute atomic E-state index is 14.4. The summed E-state index contributed by atoms with van der Waals surface area (Å²) in [5, 5.41) is 9.82. The average molecular weight is 583 g/mol. The quantitative estimate of drug-likeness (QED) is 0.299. The summed E-state index contributed by atoms with van der Waals surface area (Å²) in [4.78, 5) is 47.6. The number of amides is 3. The summed E-state index contributed by atoms with van der Waals surface area (Å²) in [7, 11) is 0. The van der Waals surface area contributed by atoms with Gasteiger partial charge in [-0.3, -0.25) is 14.4 Å². The highest BCUT2D eigenvalue weighted by atomic mass is 79.9. The second kappa shape index (κ2) is 11.6. The van der Waals surface area contributed by atoms with E-state index in [-0.39, 0.29) is 47.0 Å². The summed E-state index contributed by atoms with van der Waals surface area (Å²) >= 11 is 5.49. The fraction of sp³-hybridized carbons (Fsp3) is 0.741. The highest BCUT2D eigenvalue weighted by molar-refractivity contribution is 9.09. The molecule has 4 rings (SSSR count). The van der Waals surface area contributed by atoms with Crippen molar-refractivity contribution in [3.05, 3.63) is 25.3 Å². The van der Waals surface area contributed by atoms with Gasteiger partial charge < -0.3 is 19.8 Å². The summed E-state index contributed by atoms with van der Waals surface area (Å²) in [6, 6.07) is -0.546. The van der Waals surface area contributed by atoms with Crippen LogP contribution in [-0.2, 0) is 14.4 Å². The van der Waals surface area contributed by atoms with E-state index in [9.17, 15) is 19.5 Å². The van der Waals surface area contributed by atoms with Crippen molar-refractivity contribution in [1.29, 1.82) is 0 Å². The Bertz CT molecular complexity index is 881. The molecule has 4 fully saturated rings. The number of alkyl halides is 1. The average Bonchev–Trinajstić information content (AvgIpc) is 3.46. The summed E-state index contributed by atoms with van der Waals surface area (Å²) in [5.41, 5.74) is 0. The molecular formula is C27H40BrN3O4S. The number of carbonyl (C=O) groups excluding carboxylic acids is 3. The van der Waals surface area contributed by atoms with Crippen LogP contribution in [0.5, 0.6) is 0 Å². The van der Waals surface area contributed by atoms with Crippen molar-refractivity contribution >= 4 is 45.4 Å². The Morgan fingerprint density at radius 3 is 2.50 bits per heavy atom. The molecule has 0 aromatic heterocycles. The van der Waals surface area contributed by atoms with E-state index >= 15 is 0 Å². The van der Waals surface area contributed by atoms with Gasteiger partial charge in [-0.2, -0.15) is 0 Å². The number of β-amino-alcohol motifs (C(OH)–C–C–N with tert-alkyl or cyclic N) is 1. The zero-order valence-corrected chi connectivity index (χ0v) is 23.7. The van der Waals surface area contributed by atoms with Crippen molar-refractivity contribution in [2.75, 3.05) is 32.8 Å². The van der Waals surface area contributed by atoms with Crippen LogP contribution >= 0.6 is 27.7 Å². The van der Waals surface area contributed by atoms with Crippen LogP contribution in [0, 0.1) is 11.8 Å². The molecule has 36 heavy (non-hydrogen) atoms. The first kappa shape index (κ1) is 27.7. The highest BCUT2D eigenvalue weighted by Gasteiger charge is 2.76. The van der Waals surface area contributed by atoms with Gasteiger partial charge in [-0.25, -0.2) is 0 Å². The number of carbonyl (C=O) groups is 3. The van der Waals surface area contributed by atoms with E-state index in [2.05, 4.69) is 29.1 Å². The Hall–Kier alpha value is -1.32. The standard InChI is InChI=1S/C27H40BrN3O4S/c1-4-12-29(13-5-2)24(33)20-21-25(34)31(15-16-32)23(27(21)17-19(28)22(20)36-27)26(35)30(14-6-3)18-10-8-7-9-11-18/h4,6,18-23,32H,1,3,5,7-17H2,2H3/t19?,20-,21-,22-,23?,27?/m0/s1. The van der Waals surface area contributed by atoms with Gasteiger partial charge in [0, 0.05) is 42.3 Å². The van der Waals surface area contributed by atoms with Crippen LogP contribution in [0.3, 0.4) is 0 Å². The summed E-state index contributed by atoms with van der Waals surface area (Å²) in [6.07, 6.45) is 10.3. The molecule has 4 aliphatic rings. The largest absolute Gasteiger partial charge is 0.395 e. The van der Waals surface area contributed by atoms with Gasteiger partial charge in [0.1, 0.15) is 6.04 Å². The first-order chi connectivity index (χ1) is 17.4. The minimum Gasteiger partial charge on any atom is -0.395 e. The van der Waals surface area contributed by atoms with E-state index in [1.54, 1.807) is 33.7 Å². The molecule has 3 heterocycles. The van der Waals surface area contributed by atoms with Gasteiger partial charge in [-0.15, -0.1) is 24.9 Å². The van der Waals surface area contributed by atoms with Crippen molar-refractivity contribution < 1.29 is 19.5 Å². The third-order valence-corrected chi connectivity index (χ3v) is 11.6. The number of thioether (sulfide) groups is 1. The van der Waals surface area contributed by atoms with Crippen LogP contribution in [0.4, 0.5) is 0 Å². The third-order valence-electron chi connectivity index (χ3n) is 8.43. The molecular weight excluding hydrogens is 542 g/mol. The molecule has 9 heteroatoms. The highest BCUT2D eigenvalue weighted by Crippen LogP contribution is 2.68. The molecule has 1 saturated carbocycles. The van der Waals surface area contributed by atoms with Crippen LogP contribution < -0.4 is 0 Å². The smallest absolute Gasteiger partial charge is 0.247 e. The molecule has 0 aromatic rings. The Morgan fingerprint density at radius 1 is 1.19 bits per heavy atom. The topological polar surface area (TPSA) is 81.2 Å². The maximum Gasteiger partial charge on any atom is 0.247 e. The molecule has 3 amide bonds. The number of hydrogen-bond acceptors (Lipinski definition) is 5. The van der Waals surface area contributed by atoms with Crippen molar-refractivity contribution in [2.45, 2.75) is 78.8 Å². The molecule has 2 bridgehead atoms. The number of hydrogen-bond donors (Lipinski definition) is 1. The van der Waals surface area contributed by atoms with Crippen LogP contribution in [0.15, 0.2) is 25.3 Å². The number of aliphatic hydroxyl groups is 1. The Morgan fingerprint density at radius 2 is 1.89 bits per heavy atom. The maximum atomic E-state index is 14.4. The second-order valence-corrected chi connectivity index (χ2v) is 13.3.